The quantitative estimate of drug-likeness (QED) is 0.563. The first-order valence-electron chi connectivity index (χ1n) is 3.58. The van der Waals surface area contributed by atoms with Crippen LogP contribution in [0.3, 0.4) is 0 Å². The van der Waals surface area contributed by atoms with Crippen LogP contribution in [0.5, 0.6) is 0 Å². The molecular weight excluding hydrogens is 247 g/mol. The summed E-state index contributed by atoms with van der Waals surface area (Å²) in [4.78, 5) is 0. The van der Waals surface area contributed by atoms with Gasteiger partial charge in [-0.3, -0.25) is 0 Å². The van der Waals surface area contributed by atoms with Crippen molar-refractivity contribution in [2.45, 2.75) is 13.3 Å². The molecule has 0 amide bonds. The first-order valence-corrected chi connectivity index (χ1v) is 4.66. The van der Waals surface area contributed by atoms with Crippen LogP contribution in [0, 0.1) is 3.57 Å². The molecule has 1 heteroatoms. The summed E-state index contributed by atoms with van der Waals surface area (Å²) in [5.41, 5.74) is 2.59. The second kappa shape index (κ2) is 3.90. The molecule has 0 heterocycles. The molecule has 0 aliphatic rings. The lowest BCUT2D eigenvalue weighted by Gasteiger charge is -2.02. The van der Waals surface area contributed by atoms with E-state index in [-0.39, 0.29) is 0 Å². The average molecular weight is 258 g/mol. The topological polar surface area (TPSA) is 0 Å². The zero-order valence-electron chi connectivity index (χ0n) is 6.60. The van der Waals surface area contributed by atoms with Gasteiger partial charge in [-0.15, -0.1) is 0 Å². The highest BCUT2D eigenvalue weighted by atomic mass is 127. The molecule has 1 aromatic rings. The molecule has 11 heavy (non-hydrogen) atoms. The largest absolute Gasteiger partial charge is 0.0998 e. The Labute approximate surface area is 81.5 Å². The Bertz CT molecular complexity index is 263. The molecule has 0 bridgehead atoms. The van der Waals surface area contributed by atoms with Crippen LogP contribution in [-0.4, -0.2) is 0 Å². The number of hydrogen-bond acceptors (Lipinski definition) is 0. The number of halogens is 1. The molecule has 1 rings (SSSR count). The fraction of sp³-hybridized carbons (Fsp3) is 0.200. The molecule has 0 spiro atoms. The molecule has 0 aliphatic heterocycles. The molecule has 0 unspecified atom stereocenters. The first kappa shape index (κ1) is 8.78. The molecular formula is C10H11I. The Morgan fingerprint density at radius 2 is 2.09 bits per heavy atom. The molecule has 0 saturated heterocycles. The number of benzene rings is 1. The normalized spacial score (nSPS) is 9.64. The van der Waals surface area contributed by atoms with E-state index >= 15 is 0 Å². The lowest BCUT2D eigenvalue weighted by Crippen LogP contribution is -1.88. The minimum absolute atomic E-state index is 0.999. The molecule has 0 radical (unpaired) electrons. The van der Waals surface area contributed by atoms with Gasteiger partial charge in [0.05, 0.1) is 0 Å². The van der Waals surface area contributed by atoms with Crippen molar-refractivity contribution in [1.82, 2.24) is 0 Å². The lowest BCUT2D eigenvalue weighted by molar-refractivity contribution is 1.14. The van der Waals surface area contributed by atoms with E-state index in [9.17, 15) is 0 Å². The monoisotopic (exact) mass is 258 g/mol. The van der Waals surface area contributed by atoms with Gasteiger partial charge in [0.1, 0.15) is 0 Å². The van der Waals surface area contributed by atoms with E-state index in [2.05, 4.69) is 60.4 Å². The van der Waals surface area contributed by atoms with Gasteiger partial charge >= 0.3 is 0 Å². The number of hydrogen-bond donors (Lipinski definition) is 0. The summed E-state index contributed by atoms with van der Waals surface area (Å²) in [6.45, 7) is 5.95. The first-order chi connectivity index (χ1) is 5.20. The minimum Gasteiger partial charge on any atom is -0.0998 e. The average Bonchev–Trinajstić information content (AvgIpc) is 1.93. The highest BCUT2D eigenvalue weighted by molar-refractivity contribution is 14.1. The molecule has 0 N–H and O–H groups in total. The lowest BCUT2D eigenvalue weighted by atomic mass is 10.1. The van der Waals surface area contributed by atoms with Crippen molar-refractivity contribution < 1.29 is 0 Å². The van der Waals surface area contributed by atoms with Crippen LogP contribution in [-0.2, 0) is 6.42 Å². The predicted molar refractivity (Wildman–Crippen MR) is 57.7 cm³/mol. The third-order valence-corrected chi connectivity index (χ3v) is 2.50. The Morgan fingerprint density at radius 1 is 1.45 bits per heavy atom. The van der Waals surface area contributed by atoms with Gasteiger partial charge in [0, 0.05) is 3.57 Å². The van der Waals surface area contributed by atoms with E-state index in [0.29, 0.717) is 0 Å². The van der Waals surface area contributed by atoms with E-state index < -0.39 is 0 Å². The minimum atomic E-state index is 0.999. The molecule has 0 nitrogen and oxygen atoms in total. The Balaban J connectivity index is 2.86. The molecule has 0 saturated carbocycles. The van der Waals surface area contributed by atoms with Crippen LogP contribution in [0.25, 0.3) is 0 Å². The fourth-order valence-corrected chi connectivity index (χ4v) is 1.54. The van der Waals surface area contributed by atoms with Crippen molar-refractivity contribution in [1.29, 1.82) is 0 Å². The van der Waals surface area contributed by atoms with Gasteiger partial charge in [0.25, 0.3) is 0 Å². The molecule has 0 aromatic heterocycles. The maximum absolute atomic E-state index is 3.89. The van der Waals surface area contributed by atoms with E-state index in [1.165, 1.54) is 14.7 Å². The summed E-state index contributed by atoms with van der Waals surface area (Å²) in [5, 5.41) is 0. The van der Waals surface area contributed by atoms with Gasteiger partial charge in [0.15, 0.2) is 0 Å². The number of allylic oxidation sites excluding steroid dienone is 1. The molecule has 1 aromatic carbocycles. The Kier molecular flexibility index (Phi) is 3.12. The summed E-state index contributed by atoms with van der Waals surface area (Å²) in [5.74, 6) is 0. The summed E-state index contributed by atoms with van der Waals surface area (Å²) >= 11 is 2.35. The summed E-state index contributed by atoms with van der Waals surface area (Å²) < 4.78 is 1.33. The van der Waals surface area contributed by atoms with Crippen molar-refractivity contribution in [3.8, 4) is 0 Å². The predicted octanol–water partition coefficient (Wildman–Crippen LogP) is 3.41. The maximum atomic E-state index is 3.89. The van der Waals surface area contributed by atoms with E-state index in [1.807, 2.05) is 0 Å². The Morgan fingerprint density at radius 3 is 2.64 bits per heavy atom. The SMILES string of the molecule is C=C(C)Cc1ccccc1I. The number of rotatable bonds is 2. The van der Waals surface area contributed by atoms with Gasteiger partial charge in [-0.25, -0.2) is 0 Å². The third kappa shape index (κ3) is 2.66. The molecule has 58 valence electrons. The highest BCUT2D eigenvalue weighted by Gasteiger charge is 1.96. The van der Waals surface area contributed by atoms with Crippen LogP contribution in [0.1, 0.15) is 12.5 Å². The standard InChI is InChI=1S/C10H11I/c1-8(2)7-9-5-3-4-6-10(9)11/h3-6H,1,7H2,2H3. The third-order valence-electron chi connectivity index (χ3n) is 1.45. The van der Waals surface area contributed by atoms with Gasteiger partial charge in [-0.2, -0.15) is 0 Å². The Hall–Kier alpha value is -0.310. The van der Waals surface area contributed by atoms with E-state index in [0.717, 1.165) is 6.42 Å². The van der Waals surface area contributed by atoms with Crippen molar-refractivity contribution >= 4 is 22.6 Å². The van der Waals surface area contributed by atoms with Gasteiger partial charge < -0.3 is 0 Å². The van der Waals surface area contributed by atoms with Crippen molar-refractivity contribution in [2.24, 2.45) is 0 Å². The maximum Gasteiger partial charge on any atom is 0.0165 e. The van der Waals surface area contributed by atoms with Crippen LogP contribution in [0.4, 0.5) is 0 Å². The summed E-state index contributed by atoms with van der Waals surface area (Å²) in [6.07, 6.45) is 0.999. The highest BCUT2D eigenvalue weighted by Crippen LogP contribution is 2.14. The van der Waals surface area contributed by atoms with Gasteiger partial charge in [-0.1, -0.05) is 30.4 Å². The second-order valence-corrected chi connectivity index (χ2v) is 3.89. The fourth-order valence-electron chi connectivity index (χ4n) is 0.967. The molecule has 0 aliphatic carbocycles. The molecule has 0 fully saturated rings. The van der Waals surface area contributed by atoms with E-state index in [1.54, 1.807) is 0 Å². The van der Waals surface area contributed by atoms with Crippen molar-refractivity contribution in [2.75, 3.05) is 0 Å². The van der Waals surface area contributed by atoms with Gasteiger partial charge in [0.2, 0.25) is 0 Å². The zero-order valence-corrected chi connectivity index (χ0v) is 8.76. The smallest absolute Gasteiger partial charge is 0.0165 e. The summed E-state index contributed by atoms with van der Waals surface area (Å²) in [6, 6.07) is 8.40. The van der Waals surface area contributed by atoms with Crippen molar-refractivity contribution in [3.05, 3.63) is 45.6 Å². The van der Waals surface area contributed by atoms with Crippen LogP contribution in [0.2, 0.25) is 0 Å². The van der Waals surface area contributed by atoms with Gasteiger partial charge in [-0.05, 0) is 47.6 Å². The summed E-state index contributed by atoms with van der Waals surface area (Å²) in [7, 11) is 0. The van der Waals surface area contributed by atoms with Crippen LogP contribution in [0.15, 0.2) is 36.4 Å². The second-order valence-electron chi connectivity index (χ2n) is 2.73. The van der Waals surface area contributed by atoms with Crippen LogP contribution < -0.4 is 0 Å². The molecule has 0 atom stereocenters. The van der Waals surface area contributed by atoms with Crippen LogP contribution >= 0.6 is 22.6 Å². The van der Waals surface area contributed by atoms with E-state index in [4.69, 9.17) is 0 Å². The zero-order chi connectivity index (χ0) is 8.27. The van der Waals surface area contributed by atoms with Crippen molar-refractivity contribution in [3.63, 3.8) is 0 Å².